The minimum Gasteiger partial charge on any atom is -0.466 e. The summed E-state index contributed by atoms with van der Waals surface area (Å²) < 4.78 is 5.41. The minimum absolute atomic E-state index is 0.120. The maximum atomic E-state index is 5.94. The topological polar surface area (TPSA) is 47.3 Å². The number of hydrogen-bond acceptors (Lipinski definition) is 3. The van der Waals surface area contributed by atoms with E-state index >= 15 is 0 Å². The number of para-hydroxylation sites is 1. The SMILES string of the molecule is CC(C)(C)NCCc1cccc(N)c1OC(Br)Br. The molecule has 0 aliphatic carbocycles. The van der Waals surface area contributed by atoms with E-state index in [0.29, 0.717) is 5.69 Å². The summed E-state index contributed by atoms with van der Waals surface area (Å²) in [6, 6.07) is 5.84. The van der Waals surface area contributed by atoms with E-state index in [-0.39, 0.29) is 9.46 Å². The van der Waals surface area contributed by atoms with Crippen molar-refractivity contribution < 1.29 is 4.74 Å². The summed E-state index contributed by atoms with van der Waals surface area (Å²) in [5, 5.41) is 3.45. The smallest absolute Gasteiger partial charge is 0.207 e. The highest BCUT2D eigenvalue weighted by Crippen LogP contribution is 2.30. The van der Waals surface area contributed by atoms with Crippen LogP contribution >= 0.6 is 31.9 Å². The van der Waals surface area contributed by atoms with Crippen LogP contribution in [0.1, 0.15) is 26.3 Å². The average molecular weight is 380 g/mol. The molecule has 102 valence electrons. The molecule has 0 atom stereocenters. The summed E-state index contributed by atoms with van der Waals surface area (Å²) in [5.74, 6) is 0.743. The Hall–Kier alpha value is -0.260. The molecule has 0 unspecified atom stereocenters. The average Bonchev–Trinajstić information content (AvgIpc) is 2.20. The minimum atomic E-state index is -0.232. The van der Waals surface area contributed by atoms with Crippen LogP contribution in [0.3, 0.4) is 0 Å². The van der Waals surface area contributed by atoms with Crippen molar-refractivity contribution in [1.29, 1.82) is 0 Å². The van der Waals surface area contributed by atoms with Crippen molar-refractivity contribution >= 4 is 37.5 Å². The molecule has 3 N–H and O–H groups in total. The van der Waals surface area contributed by atoms with Crippen LogP contribution in [0.2, 0.25) is 0 Å². The van der Waals surface area contributed by atoms with Gasteiger partial charge in [0.25, 0.3) is 0 Å². The molecule has 0 spiro atoms. The van der Waals surface area contributed by atoms with Gasteiger partial charge in [0.15, 0.2) is 0 Å². The van der Waals surface area contributed by atoms with Crippen LogP contribution in [-0.4, -0.2) is 16.0 Å². The first-order chi connectivity index (χ1) is 8.29. The summed E-state index contributed by atoms with van der Waals surface area (Å²) in [6.07, 6.45) is 0.879. The molecule has 0 saturated carbocycles. The standard InChI is InChI=1S/C13H20Br2N2O/c1-13(2,3)17-8-7-9-5-4-6-10(16)11(9)18-12(14)15/h4-6,12,17H,7-8,16H2,1-3H3. The van der Waals surface area contributed by atoms with Gasteiger partial charge in [0.1, 0.15) is 5.75 Å². The van der Waals surface area contributed by atoms with Gasteiger partial charge in [0.05, 0.1) is 5.69 Å². The Morgan fingerprint density at radius 1 is 1.33 bits per heavy atom. The van der Waals surface area contributed by atoms with Crippen molar-refractivity contribution in [3.8, 4) is 5.75 Å². The first kappa shape index (κ1) is 15.8. The van der Waals surface area contributed by atoms with Gasteiger partial charge >= 0.3 is 0 Å². The van der Waals surface area contributed by atoms with E-state index in [1.54, 1.807) is 0 Å². The van der Waals surface area contributed by atoms with Gasteiger partial charge in [-0.25, -0.2) is 0 Å². The Labute approximate surface area is 126 Å². The highest BCUT2D eigenvalue weighted by atomic mass is 79.9. The van der Waals surface area contributed by atoms with Gasteiger partial charge in [-0.05, 0) is 77.2 Å². The number of rotatable bonds is 5. The summed E-state index contributed by atoms with van der Waals surface area (Å²) in [5.41, 5.74) is 7.83. The second kappa shape index (κ2) is 6.78. The van der Waals surface area contributed by atoms with Crippen molar-refractivity contribution in [2.75, 3.05) is 12.3 Å². The summed E-state index contributed by atoms with van der Waals surface area (Å²) in [6.45, 7) is 7.34. The number of halogens is 2. The van der Waals surface area contributed by atoms with Crippen LogP contribution in [0.15, 0.2) is 18.2 Å². The normalized spacial score (nSPS) is 11.9. The molecule has 0 aliphatic heterocycles. The monoisotopic (exact) mass is 378 g/mol. The van der Waals surface area contributed by atoms with Crippen LogP contribution in [0.4, 0.5) is 5.69 Å². The lowest BCUT2D eigenvalue weighted by molar-refractivity contribution is 0.371. The molecule has 0 amide bonds. The maximum absolute atomic E-state index is 5.94. The molecule has 0 aromatic heterocycles. The van der Waals surface area contributed by atoms with E-state index < -0.39 is 0 Å². The van der Waals surface area contributed by atoms with E-state index in [0.717, 1.165) is 24.3 Å². The van der Waals surface area contributed by atoms with Crippen molar-refractivity contribution in [1.82, 2.24) is 5.32 Å². The van der Waals surface area contributed by atoms with E-state index in [1.807, 2.05) is 18.2 Å². The molecule has 1 rings (SSSR count). The Morgan fingerprint density at radius 3 is 2.56 bits per heavy atom. The van der Waals surface area contributed by atoms with Crippen molar-refractivity contribution in [3.05, 3.63) is 23.8 Å². The number of anilines is 1. The predicted molar refractivity (Wildman–Crippen MR) is 84.6 cm³/mol. The van der Waals surface area contributed by atoms with E-state index in [2.05, 4.69) is 57.9 Å². The molecule has 0 fully saturated rings. The van der Waals surface area contributed by atoms with Gasteiger partial charge in [0, 0.05) is 5.54 Å². The quantitative estimate of drug-likeness (QED) is 0.606. The number of nitrogens with one attached hydrogen (secondary N) is 1. The fourth-order valence-electron chi connectivity index (χ4n) is 1.61. The fourth-order valence-corrected chi connectivity index (χ4v) is 1.98. The van der Waals surface area contributed by atoms with Gasteiger partial charge in [0.2, 0.25) is 3.92 Å². The second-order valence-corrected chi connectivity index (χ2v) is 8.03. The summed E-state index contributed by atoms with van der Waals surface area (Å²) >= 11 is 6.61. The fraction of sp³-hybridized carbons (Fsp3) is 0.538. The van der Waals surface area contributed by atoms with E-state index in [9.17, 15) is 0 Å². The third kappa shape index (κ3) is 5.59. The lowest BCUT2D eigenvalue weighted by atomic mass is 10.1. The van der Waals surface area contributed by atoms with Crippen molar-refractivity contribution in [2.24, 2.45) is 0 Å². The molecular weight excluding hydrogens is 360 g/mol. The first-order valence-electron chi connectivity index (χ1n) is 5.87. The highest BCUT2D eigenvalue weighted by Gasteiger charge is 2.12. The molecule has 0 bridgehead atoms. The zero-order chi connectivity index (χ0) is 13.8. The number of alkyl halides is 2. The molecule has 0 aliphatic rings. The third-order valence-corrected chi connectivity index (χ3v) is 2.76. The van der Waals surface area contributed by atoms with Crippen molar-refractivity contribution in [2.45, 2.75) is 36.7 Å². The second-order valence-electron chi connectivity index (χ2n) is 5.14. The molecule has 1 aromatic rings. The van der Waals surface area contributed by atoms with Crippen LogP contribution in [0.5, 0.6) is 5.75 Å². The summed E-state index contributed by atoms with van der Waals surface area (Å²) in [4.78, 5) is 0. The Kier molecular flexibility index (Phi) is 5.95. The Morgan fingerprint density at radius 2 is 2.00 bits per heavy atom. The number of nitrogen functional groups attached to an aromatic ring is 1. The van der Waals surface area contributed by atoms with Gasteiger partial charge < -0.3 is 15.8 Å². The summed E-state index contributed by atoms with van der Waals surface area (Å²) in [7, 11) is 0. The number of ether oxygens (including phenoxy) is 1. The largest absolute Gasteiger partial charge is 0.466 e. The molecule has 18 heavy (non-hydrogen) atoms. The van der Waals surface area contributed by atoms with Crippen LogP contribution in [0.25, 0.3) is 0 Å². The molecule has 0 radical (unpaired) electrons. The number of benzene rings is 1. The number of nitrogens with two attached hydrogens (primary N) is 1. The molecular formula is C13H20Br2N2O. The molecule has 5 heteroatoms. The predicted octanol–water partition coefficient (Wildman–Crippen LogP) is 3.65. The zero-order valence-corrected chi connectivity index (χ0v) is 14.1. The van der Waals surface area contributed by atoms with Gasteiger partial charge in [-0.2, -0.15) is 0 Å². The first-order valence-corrected chi connectivity index (χ1v) is 7.70. The van der Waals surface area contributed by atoms with E-state index in [1.165, 1.54) is 0 Å². The van der Waals surface area contributed by atoms with Crippen LogP contribution in [0, 0.1) is 0 Å². The van der Waals surface area contributed by atoms with Gasteiger partial charge in [-0.15, -0.1) is 0 Å². The number of hydrogen-bond donors (Lipinski definition) is 2. The lowest BCUT2D eigenvalue weighted by Crippen LogP contribution is -2.37. The molecule has 0 heterocycles. The lowest BCUT2D eigenvalue weighted by Gasteiger charge is -2.21. The third-order valence-electron chi connectivity index (χ3n) is 2.38. The zero-order valence-electron chi connectivity index (χ0n) is 11.0. The van der Waals surface area contributed by atoms with Crippen LogP contribution < -0.4 is 15.8 Å². The Bertz CT molecular complexity index is 389. The van der Waals surface area contributed by atoms with E-state index in [4.69, 9.17) is 10.5 Å². The molecule has 3 nitrogen and oxygen atoms in total. The van der Waals surface area contributed by atoms with Crippen molar-refractivity contribution in [3.63, 3.8) is 0 Å². The van der Waals surface area contributed by atoms with Gasteiger partial charge in [-0.1, -0.05) is 12.1 Å². The van der Waals surface area contributed by atoms with Gasteiger partial charge in [-0.3, -0.25) is 0 Å². The highest BCUT2D eigenvalue weighted by molar-refractivity contribution is 9.24. The maximum Gasteiger partial charge on any atom is 0.207 e. The Balaban J connectivity index is 2.72. The molecule has 1 aromatic carbocycles. The van der Waals surface area contributed by atoms with Crippen LogP contribution in [-0.2, 0) is 6.42 Å². The molecule has 0 saturated heterocycles.